The van der Waals surface area contributed by atoms with Crippen molar-refractivity contribution in [2.75, 3.05) is 12.5 Å². The van der Waals surface area contributed by atoms with E-state index in [-0.39, 0.29) is 12.7 Å². The molecule has 0 bridgehead atoms. The molecule has 0 saturated heterocycles. The first-order chi connectivity index (χ1) is 14.7. The zero-order chi connectivity index (χ0) is 20.7. The summed E-state index contributed by atoms with van der Waals surface area (Å²) in [7, 11) is 0. The number of thioether (sulfide) groups is 1. The van der Waals surface area contributed by atoms with Gasteiger partial charge in [-0.15, -0.1) is 5.10 Å². The highest BCUT2D eigenvalue weighted by atomic mass is 79.9. The summed E-state index contributed by atoms with van der Waals surface area (Å²) in [6, 6.07) is 11.4. The summed E-state index contributed by atoms with van der Waals surface area (Å²) in [5, 5.41) is 11.6. The molecule has 3 heterocycles. The fourth-order valence-electron chi connectivity index (χ4n) is 3.54. The molecular formula is C21H19BrN4O3S. The molecule has 0 saturated carbocycles. The van der Waals surface area contributed by atoms with Crippen LogP contribution in [0.4, 0.5) is 0 Å². The monoisotopic (exact) mass is 486 g/mol. The van der Waals surface area contributed by atoms with Crippen molar-refractivity contribution in [1.29, 1.82) is 0 Å². The number of unbranched alkanes of at least 4 members (excludes halogenated alkanes) is 1. The standard InChI is InChI=1S/C21H19BrN4O3S/c1-2-3-8-30-21-24-20(27)18-12-6-4-5-7-15(12)23-19(26(18)25-21)13-9-16-17(10-14(13)22)29-11-28-16/h4-7,9-10,19H,2-3,8,11H2,1H3,(H,24,25,27). The van der Waals surface area contributed by atoms with Crippen LogP contribution in [-0.4, -0.2) is 28.6 Å². The molecule has 1 atom stereocenters. The number of nitrogens with zero attached hydrogens (tertiary/aromatic N) is 3. The maximum absolute atomic E-state index is 13.1. The molecule has 3 aliphatic heterocycles. The Balaban J connectivity index is 1.65. The van der Waals surface area contributed by atoms with Crippen molar-refractivity contribution < 1.29 is 14.3 Å². The van der Waals surface area contributed by atoms with Gasteiger partial charge in [0, 0.05) is 21.0 Å². The van der Waals surface area contributed by atoms with E-state index in [0.29, 0.717) is 22.4 Å². The summed E-state index contributed by atoms with van der Waals surface area (Å²) in [5.74, 6) is 2.06. The average Bonchev–Trinajstić information content (AvgIpc) is 3.20. The van der Waals surface area contributed by atoms with Gasteiger partial charge in [-0.2, -0.15) is 0 Å². The minimum atomic E-state index is -0.508. The van der Waals surface area contributed by atoms with Gasteiger partial charge in [-0.05, 0) is 24.6 Å². The summed E-state index contributed by atoms with van der Waals surface area (Å²) in [5.41, 5.74) is 1.35. The molecule has 30 heavy (non-hydrogen) atoms. The van der Waals surface area contributed by atoms with Gasteiger partial charge in [-0.1, -0.05) is 59.2 Å². The topological polar surface area (TPSA) is 75.5 Å². The van der Waals surface area contributed by atoms with Crippen LogP contribution >= 0.6 is 27.7 Å². The molecule has 2 aromatic rings. The summed E-state index contributed by atoms with van der Waals surface area (Å²) in [6.45, 7) is 2.33. The zero-order valence-corrected chi connectivity index (χ0v) is 18.6. The van der Waals surface area contributed by atoms with Crippen LogP contribution in [0.15, 0.2) is 51.0 Å². The number of hydrazone groups is 1. The number of amidine groups is 1. The number of nitrogens with one attached hydrogen (secondary N) is 1. The third kappa shape index (κ3) is 3.35. The van der Waals surface area contributed by atoms with E-state index in [4.69, 9.17) is 19.6 Å². The normalized spacial score (nSPS) is 18.9. The molecule has 9 heteroatoms. The van der Waals surface area contributed by atoms with E-state index in [1.165, 1.54) is 0 Å². The SMILES string of the molecule is CCCCSC1=NN2C(=c3ccccc3=NC2c2cc3c(cc2Br)OCO3)C(=O)N1. The van der Waals surface area contributed by atoms with Crippen LogP contribution < -0.4 is 25.4 Å². The number of carbonyl (C=O) groups excluding carboxylic acids is 1. The van der Waals surface area contributed by atoms with Crippen molar-refractivity contribution in [3.63, 3.8) is 0 Å². The van der Waals surface area contributed by atoms with Crippen LogP contribution in [-0.2, 0) is 4.79 Å². The minimum absolute atomic E-state index is 0.173. The van der Waals surface area contributed by atoms with Crippen LogP contribution in [0.5, 0.6) is 11.5 Å². The van der Waals surface area contributed by atoms with E-state index in [1.54, 1.807) is 16.8 Å². The Kier molecular flexibility index (Phi) is 5.16. The largest absolute Gasteiger partial charge is 0.454 e. The van der Waals surface area contributed by atoms with E-state index in [0.717, 1.165) is 39.2 Å². The third-order valence-corrected chi connectivity index (χ3v) is 6.66. The molecule has 1 N–H and O–H groups in total. The Morgan fingerprint density at radius 2 is 2.07 bits per heavy atom. The number of carbonyl (C=O) groups is 1. The molecule has 0 aliphatic carbocycles. The molecule has 0 radical (unpaired) electrons. The Morgan fingerprint density at radius 3 is 2.90 bits per heavy atom. The van der Waals surface area contributed by atoms with E-state index >= 15 is 0 Å². The van der Waals surface area contributed by atoms with E-state index in [1.807, 2.05) is 36.4 Å². The Hall–Kier alpha value is -2.52. The van der Waals surface area contributed by atoms with E-state index in [2.05, 4.69) is 28.2 Å². The van der Waals surface area contributed by atoms with Crippen LogP contribution in [0.2, 0.25) is 0 Å². The van der Waals surface area contributed by atoms with Gasteiger partial charge in [0.25, 0.3) is 5.91 Å². The number of para-hydroxylation sites is 1. The van der Waals surface area contributed by atoms with Gasteiger partial charge in [-0.25, -0.2) is 5.01 Å². The molecule has 0 fully saturated rings. The first-order valence-electron chi connectivity index (χ1n) is 9.74. The lowest BCUT2D eigenvalue weighted by Crippen LogP contribution is -2.50. The summed E-state index contributed by atoms with van der Waals surface area (Å²) in [4.78, 5) is 18.0. The smallest absolute Gasteiger partial charge is 0.276 e. The lowest BCUT2D eigenvalue weighted by atomic mass is 10.1. The second-order valence-corrected chi connectivity index (χ2v) is 8.94. The zero-order valence-electron chi connectivity index (χ0n) is 16.2. The van der Waals surface area contributed by atoms with E-state index in [9.17, 15) is 4.79 Å². The van der Waals surface area contributed by atoms with Crippen molar-refractivity contribution >= 4 is 44.5 Å². The first kappa shape index (κ1) is 19.4. The number of amides is 1. The molecule has 7 nitrogen and oxygen atoms in total. The first-order valence-corrected chi connectivity index (χ1v) is 11.5. The second-order valence-electron chi connectivity index (χ2n) is 7.00. The molecule has 0 spiro atoms. The molecule has 2 aromatic carbocycles. The number of fused-ring (bicyclic) bond motifs is 3. The van der Waals surface area contributed by atoms with E-state index < -0.39 is 6.17 Å². The molecule has 3 aliphatic rings. The van der Waals surface area contributed by atoms with Crippen LogP contribution in [0.1, 0.15) is 31.5 Å². The van der Waals surface area contributed by atoms with Crippen molar-refractivity contribution in [3.8, 4) is 11.5 Å². The second kappa shape index (κ2) is 7.96. The molecule has 1 unspecified atom stereocenters. The Labute approximate surface area is 186 Å². The van der Waals surface area contributed by atoms with Crippen LogP contribution in [0.25, 0.3) is 5.70 Å². The molecular weight excluding hydrogens is 468 g/mol. The van der Waals surface area contributed by atoms with Crippen LogP contribution in [0.3, 0.4) is 0 Å². The van der Waals surface area contributed by atoms with Gasteiger partial charge < -0.3 is 9.47 Å². The summed E-state index contributed by atoms with van der Waals surface area (Å²) < 4.78 is 11.9. The van der Waals surface area contributed by atoms with Gasteiger partial charge in [0.05, 0.1) is 5.36 Å². The fraction of sp³-hybridized carbons (Fsp3) is 0.286. The van der Waals surface area contributed by atoms with Crippen molar-refractivity contribution in [2.24, 2.45) is 10.1 Å². The molecule has 1 amide bonds. The Morgan fingerprint density at radius 1 is 1.27 bits per heavy atom. The molecule has 154 valence electrons. The summed E-state index contributed by atoms with van der Waals surface area (Å²) >= 11 is 5.19. The van der Waals surface area contributed by atoms with Crippen molar-refractivity contribution in [2.45, 2.75) is 25.9 Å². The van der Waals surface area contributed by atoms with Gasteiger partial charge >= 0.3 is 0 Å². The Bertz CT molecular complexity index is 1180. The highest BCUT2D eigenvalue weighted by Crippen LogP contribution is 2.42. The van der Waals surface area contributed by atoms with Gasteiger partial charge in [0.15, 0.2) is 22.8 Å². The third-order valence-electron chi connectivity index (χ3n) is 5.02. The summed E-state index contributed by atoms with van der Waals surface area (Å²) in [6.07, 6.45) is 1.64. The minimum Gasteiger partial charge on any atom is -0.454 e. The lowest BCUT2D eigenvalue weighted by molar-refractivity contribution is -0.116. The predicted molar refractivity (Wildman–Crippen MR) is 118 cm³/mol. The maximum atomic E-state index is 13.1. The average molecular weight is 487 g/mol. The highest BCUT2D eigenvalue weighted by Gasteiger charge is 2.36. The molecule has 0 aromatic heterocycles. The van der Waals surface area contributed by atoms with Gasteiger partial charge in [-0.3, -0.25) is 15.1 Å². The number of benzene rings is 2. The van der Waals surface area contributed by atoms with Gasteiger partial charge in [0.2, 0.25) is 6.79 Å². The lowest BCUT2D eigenvalue weighted by Gasteiger charge is -2.34. The number of hydrogen-bond acceptors (Lipinski definition) is 7. The quantitative estimate of drug-likeness (QED) is 0.672. The highest BCUT2D eigenvalue weighted by molar-refractivity contribution is 9.10. The number of halogens is 1. The van der Waals surface area contributed by atoms with Crippen LogP contribution in [0, 0.1) is 0 Å². The fourth-order valence-corrected chi connectivity index (χ4v) is 5.00. The van der Waals surface area contributed by atoms with Crippen molar-refractivity contribution in [1.82, 2.24) is 10.3 Å². The number of rotatable bonds is 4. The number of hydrogen-bond donors (Lipinski definition) is 1. The predicted octanol–water partition coefficient (Wildman–Crippen LogP) is 2.85. The maximum Gasteiger partial charge on any atom is 0.276 e. The van der Waals surface area contributed by atoms with Gasteiger partial charge in [0.1, 0.15) is 5.70 Å². The van der Waals surface area contributed by atoms with Crippen molar-refractivity contribution in [3.05, 3.63) is 57.0 Å². The number of ether oxygens (including phenoxy) is 2. The molecule has 5 rings (SSSR count).